The molecule has 0 saturated carbocycles. The molecule has 0 aromatic rings. The number of aliphatic hydroxyl groups is 1. The molecule has 0 amide bonds. The monoisotopic (exact) mass is 189 g/mol. The Bertz CT molecular complexity index is 126. The topological polar surface area (TPSA) is 50.7 Å². The Morgan fingerprint density at radius 1 is 1.69 bits per heavy atom. The summed E-state index contributed by atoms with van der Waals surface area (Å²) in [6.07, 6.45) is 2.06. The van der Waals surface area contributed by atoms with Crippen LogP contribution in [0.25, 0.3) is 0 Å². The molecule has 1 saturated heterocycles. The molecule has 2 unspecified atom stereocenters. The molecule has 0 aliphatic carbocycles. The third-order valence-electron chi connectivity index (χ3n) is 2.08. The van der Waals surface area contributed by atoms with Crippen LogP contribution in [0.15, 0.2) is 0 Å². The van der Waals surface area contributed by atoms with E-state index < -0.39 is 6.10 Å². The van der Waals surface area contributed by atoms with Crippen molar-refractivity contribution in [2.75, 3.05) is 33.4 Å². The van der Waals surface area contributed by atoms with Crippen molar-refractivity contribution in [3.63, 3.8) is 0 Å². The van der Waals surface area contributed by atoms with Crippen LogP contribution in [-0.2, 0) is 9.47 Å². The zero-order valence-electron chi connectivity index (χ0n) is 8.16. The highest BCUT2D eigenvalue weighted by Gasteiger charge is 2.15. The minimum absolute atomic E-state index is 0.252. The Balaban J connectivity index is 1.93. The first kappa shape index (κ1) is 10.9. The quantitative estimate of drug-likeness (QED) is 0.605. The maximum absolute atomic E-state index is 9.29. The molecule has 1 heterocycles. The van der Waals surface area contributed by atoms with Crippen molar-refractivity contribution in [2.24, 2.45) is 0 Å². The number of nitrogens with one attached hydrogen (secondary N) is 1. The number of hydrogen-bond acceptors (Lipinski definition) is 4. The van der Waals surface area contributed by atoms with E-state index in [-0.39, 0.29) is 6.10 Å². The van der Waals surface area contributed by atoms with Gasteiger partial charge in [-0.15, -0.1) is 0 Å². The standard InChI is InChI=1S/C9H19NO3/c1-10-5-8(11)6-12-7-9-3-2-4-13-9/h8-11H,2-7H2,1H3. The van der Waals surface area contributed by atoms with Crippen LogP contribution in [0.5, 0.6) is 0 Å². The summed E-state index contributed by atoms with van der Waals surface area (Å²) >= 11 is 0. The van der Waals surface area contributed by atoms with E-state index in [0.29, 0.717) is 19.8 Å². The van der Waals surface area contributed by atoms with E-state index in [4.69, 9.17) is 9.47 Å². The normalized spacial score (nSPS) is 24.9. The Morgan fingerprint density at radius 3 is 3.15 bits per heavy atom. The summed E-state index contributed by atoms with van der Waals surface area (Å²) in [5.74, 6) is 0. The van der Waals surface area contributed by atoms with Crippen molar-refractivity contribution in [3.8, 4) is 0 Å². The van der Waals surface area contributed by atoms with E-state index in [1.807, 2.05) is 7.05 Å². The van der Waals surface area contributed by atoms with Gasteiger partial charge in [0.05, 0.1) is 25.4 Å². The molecule has 4 nitrogen and oxygen atoms in total. The highest BCUT2D eigenvalue weighted by Crippen LogP contribution is 2.11. The highest BCUT2D eigenvalue weighted by molar-refractivity contribution is 4.64. The molecule has 13 heavy (non-hydrogen) atoms. The Morgan fingerprint density at radius 2 is 2.54 bits per heavy atom. The van der Waals surface area contributed by atoms with Crippen LogP contribution in [0.2, 0.25) is 0 Å². The van der Waals surface area contributed by atoms with Crippen LogP contribution in [0.3, 0.4) is 0 Å². The summed E-state index contributed by atoms with van der Waals surface area (Å²) < 4.78 is 10.7. The van der Waals surface area contributed by atoms with Gasteiger partial charge in [-0.05, 0) is 19.9 Å². The first-order valence-corrected chi connectivity index (χ1v) is 4.85. The predicted molar refractivity (Wildman–Crippen MR) is 49.7 cm³/mol. The lowest BCUT2D eigenvalue weighted by Crippen LogP contribution is -2.29. The molecule has 0 bridgehead atoms. The van der Waals surface area contributed by atoms with Crippen LogP contribution < -0.4 is 5.32 Å². The van der Waals surface area contributed by atoms with E-state index in [1.165, 1.54) is 0 Å². The first-order chi connectivity index (χ1) is 6.33. The van der Waals surface area contributed by atoms with E-state index in [9.17, 15) is 5.11 Å². The SMILES string of the molecule is CNCC(O)COCC1CCCO1. The molecular formula is C9H19NO3. The van der Waals surface area contributed by atoms with Crippen molar-refractivity contribution in [2.45, 2.75) is 25.0 Å². The van der Waals surface area contributed by atoms with Crippen LogP contribution in [0, 0.1) is 0 Å². The van der Waals surface area contributed by atoms with Gasteiger partial charge in [0.25, 0.3) is 0 Å². The lowest BCUT2D eigenvalue weighted by Gasteiger charge is -2.13. The van der Waals surface area contributed by atoms with Crippen molar-refractivity contribution in [1.29, 1.82) is 0 Å². The molecule has 0 radical (unpaired) electrons. The van der Waals surface area contributed by atoms with Gasteiger partial charge in [0.1, 0.15) is 0 Å². The Labute approximate surface area is 79.2 Å². The van der Waals surface area contributed by atoms with E-state index in [1.54, 1.807) is 0 Å². The summed E-state index contributed by atoms with van der Waals surface area (Å²) in [5.41, 5.74) is 0. The van der Waals surface area contributed by atoms with Crippen molar-refractivity contribution >= 4 is 0 Å². The van der Waals surface area contributed by atoms with Gasteiger partial charge in [0.15, 0.2) is 0 Å². The molecule has 0 aromatic carbocycles. The Kier molecular flexibility index (Phi) is 5.31. The second kappa shape index (κ2) is 6.32. The van der Waals surface area contributed by atoms with Crippen molar-refractivity contribution in [1.82, 2.24) is 5.32 Å². The van der Waals surface area contributed by atoms with E-state index in [0.717, 1.165) is 19.4 Å². The molecule has 1 aliphatic rings. The molecular weight excluding hydrogens is 170 g/mol. The minimum atomic E-state index is -0.411. The van der Waals surface area contributed by atoms with Crippen LogP contribution in [0.4, 0.5) is 0 Å². The molecule has 2 N–H and O–H groups in total. The maximum atomic E-state index is 9.29. The number of aliphatic hydroxyl groups excluding tert-OH is 1. The van der Waals surface area contributed by atoms with Gasteiger partial charge in [0, 0.05) is 13.2 Å². The fourth-order valence-electron chi connectivity index (χ4n) is 1.41. The fraction of sp³-hybridized carbons (Fsp3) is 1.00. The third kappa shape index (κ3) is 4.57. The fourth-order valence-corrected chi connectivity index (χ4v) is 1.41. The van der Waals surface area contributed by atoms with Gasteiger partial charge in [-0.3, -0.25) is 0 Å². The molecule has 2 atom stereocenters. The zero-order valence-corrected chi connectivity index (χ0v) is 8.16. The lowest BCUT2D eigenvalue weighted by atomic mass is 10.2. The zero-order chi connectivity index (χ0) is 9.52. The average Bonchev–Trinajstić information content (AvgIpc) is 2.57. The molecule has 1 rings (SSSR count). The molecule has 0 aromatic heterocycles. The lowest BCUT2D eigenvalue weighted by molar-refractivity contribution is -0.0160. The van der Waals surface area contributed by atoms with Gasteiger partial charge in [-0.25, -0.2) is 0 Å². The molecule has 1 fully saturated rings. The molecule has 1 aliphatic heterocycles. The largest absolute Gasteiger partial charge is 0.389 e. The van der Waals surface area contributed by atoms with Gasteiger partial charge in [-0.2, -0.15) is 0 Å². The Hall–Kier alpha value is -0.160. The second-order valence-electron chi connectivity index (χ2n) is 3.38. The highest BCUT2D eigenvalue weighted by atomic mass is 16.5. The van der Waals surface area contributed by atoms with E-state index >= 15 is 0 Å². The number of ether oxygens (including phenoxy) is 2. The van der Waals surface area contributed by atoms with Gasteiger partial charge in [0.2, 0.25) is 0 Å². The predicted octanol–water partition coefficient (Wildman–Crippen LogP) is -0.238. The summed E-state index contributed by atoms with van der Waals surface area (Å²) in [7, 11) is 1.81. The molecule has 78 valence electrons. The summed E-state index contributed by atoms with van der Waals surface area (Å²) in [6, 6.07) is 0. The summed E-state index contributed by atoms with van der Waals surface area (Å²) in [5, 5.41) is 12.2. The van der Waals surface area contributed by atoms with Crippen LogP contribution in [-0.4, -0.2) is 50.7 Å². The summed E-state index contributed by atoms with van der Waals surface area (Å²) in [6.45, 7) is 2.43. The minimum Gasteiger partial charge on any atom is -0.389 e. The average molecular weight is 189 g/mol. The number of hydrogen-bond donors (Lipinski definition) is 2. The van der Waals surface area contributed by atoms with Crippen LogP contribution >= 0.6 is 0 Å². The molecule has 4 heteroatoms. The number of rotatable bonds is 6. The molecule has 0 spiro atoms. The van der Waals surface area contributed by atoms with Crippen molar-refractivity contribution < 1.29 is 14.6 Å². The first-order valence-electron chi connectivity index (χ1n) is 4.85. The second-order valence-corrected chi connectivity index (χ2v) is 3.38. The smallest absolute Gasteiger partial charge is 0.0897 e. The van der Waals surface area contributed by atoms with Gasteiger partial charge >= 0.3 is 0 Å². The van der Waals surface area contributed by atoms with Gasteiger partial charge in [-0.1, -0.05) is 0 Å². The summed E-state index contributed by atoms with van der Waals surface area (Å²) in [4.78, 5) is 0. The van der Waals surface area contributed by atoms with Crippen LogP contribution in [0.1, 0.15) is 12.8 Å². The maximum Gasteiger partial charge on any atom is 0.0897 e. The third-order valence-corrected chi connectivity index (χ3v) is 2.08. The van der Waals surface area contributed by atoms with Crippen molar-refractivity contribution in [3.05, 3.63) is 0 Å². The van der Waals surface area contributed by atoms with E-state index in [2.05, 4.69) is 5.32 Å². The number of likely N-dealkylation sites (N-methyl/N-ethyl adjacent to an activating group) is 1. The van der Waals surface area contributed by atoms with Gasteiger partial charge < -0.3 is 19.9 Å².